The molecule has 88 valence electrons. The summed E-state index contributed by atoms with van der Waals surface area (Å²) in [6.45, 7) is 2.08. The molecule has 0 saturated carbocycles. The molecule has 2 unspecified atom stereocenters. The van der Waals surface area contributed by atoms with Crippen LogP contribution in [0.25, 0.3) is 0 Å². The van der Waals surface area contributed by atoms with Crippen LogP contribution in [0, 0.1) is 6.92 Å². The van der Waals surface area contributed by atoms with Crippen molar-refractivity contribution in [3.05, 3.63) is 35.9 Å². The monoisotopic (exact) mass is 431 g/mol. The molecule has 0 aliphatic carbocycles. The van der Waals surface area contributed by atoms with Crippen molar-refractivity contribution < 1.29 is 44.3 Å². The van der Waals surface area contributed by atoms with E-state index in [-0.39, 0.29) is 21.1 Å². The van der Waals surface area contributed by atoms with Crippen LogP contribution in [0.3, 0.4) is 0 Å². The Kier molecular flexibility index (Phi) is 12.6. The van der Waals surface area contributed by atoms with Crippen molar-refractivity contribution in [3.63, 3.8) is 0 Å². The topological polar surface area (TPSA) is 89.5 Å². The maximum atomic E-state index is 9.29. The van der Waals surface area contributed by atoms with E-state index in [2.05, 4.69) is 23.4 Å². The van der Waals surface area contributed by atoms with Crippen LogP contribution in [-0.2, 0) is 34.5 Å². The van der Waals surface area contributed by atoms with Gasteiger partial charge in [0, 0.05) is 0 Å². The molecular formula is C7H10O5P2Pt. The molecule has 5 nitrogen and oxygen atoms in total. The molecule has 0 radical (unpaired) electrons. The Morgan fingerprint density at radius 1 is 1.07 bits per heavy atom. The van der Waals surface area contributed by atoms with Crippen LogP contribution in [-0.4, -0.2) is 0 Å². The van der Waals surface area contributed by atoms with E-state index in [0.717, 1.165) is 0 Å². The Morgan fingerprint density at radius 3 is 1.60 bits per heavy atom. The largest absolute Gasteiger partial charge is 2.00 e. The molecule has 15 heavy (non-hydrogen) atoms. The fourth-order valence-corrected chi connectivity index (χ4v) is 1.15. The molecule has 0 aromatic heterocycles. The van der Waals surface area contributed by atoms with Gasteiger partial charge >= 0.3 is 21.1 Å². The van der Waals surface area contributed by atoms with Gasteiger partial charge in [0.2, 0.25) is 0 Å². The van der Waals surface area contributed by atoms with Crippen molar-refractivity contribution in [2.45, 2.75) is 6.92 Å². The molecule has 1 rings (SSSR count). The van der Waals surface area contributed by atoms with E-state index in [4.69, 9.17) is 0 Å². The summed E-state index contributed by atoms with van der Waals surface area (Å²) in [5.74, 6) is 0. The summed E-state index contributed by atoms with van der Waals surface area (Å²) in [5, 5.41) is 0. The standard InChI is InChI=1S/C7H8.H4O5P2.Pt/c1-7-5-3-2-4-6-7;1-6(2)5-7(3)4;/h2-6H,1H3;6-7H,(H,1,2)(H,3,4);/q;;+2/p-2. The molecule has 0 spiro atoms. The average Bonchev–Trinajstić information content (AvgIpc) is 2.03. The van der Waals surface area contributed by atoms with Gasteiger partial charge in [-0.1, -0.05) is 35.9 Å². The van der Waals surface area contributed by atoms with Crippen LogP contribution < -0.4 is 9.79 Å². The van der Waals surface area contributed by atoms with E-state index in [1.54, 1.807) is 0 Å². The third kappa shape index (κ3) is 14.2. The van der Waals surface area contributed by atoms with Crippen molar-refractivity contribution in [1.29, 1.82) is 0 Å². The van der Waals surface area contributed by atoms with E-state index in [0.29, 0.717) is 0 Å². The minimum Gasteiger partial charge on any atom is -0.781 e. The molecule has 0 heterocycles. The molecule has 1 aromatic rings. The summed E-state index contributed by atoms with van der Waals surface area (Å²) in [6.07, 6.45) is 0. The van der Waals surface area contributed by atoms with E-state index >= 15 is 0 Å². The number of rotatable bonds is 2. The molecule has 0 N–H and O–H groups in total. The van der Waals surface area contributed by atoms with E-state index < -0.39 is 16.5 Å². The zero-order valence-electron chi connectivity index (χ0n) is 7.74. The van der Waals surface area contributed by atoms with Gasteiger partial charge in [0.25, 0.3) is 0 Å². The van der Waals surface area contributed by atoms with Crippen molar-refractivity contribution in [2.24, 2.45) is 0 Å². The second-order valence-corrected chi connectivity index (χ2v) is 4.07. The van der Waals surface area contributed by atoms with E-state index in [1.807, 2.05) is 18.2 Å². The van der Waals surface area contributed by atoms with Crippen molar-refractivity contribution in [2.75, 3.05) is 0 Å². The molecule has 0 aliphatic rings. The molecular weight excluding hydrogens is 421 g/mol. The Hall–Kier alpha value is 0.248. The van der Waals surface area contributed by atoms with Crippen LogP contribution in [0.4, 0.5) is 0 Å². The smallest absolute Gasteiger partial charge is 0.781 e. The van der Waals surface area contributed by atoms with Gasteiger partial charge in [-0.05, 0) is 6.92 Å². The predicted molar refractivity (Wildman–Crippen MR) is 50.3 cm³/mol. The molecule has 1 aromatic carbocycles. The van der Waals surface area contributed by atoms with Gasteiger partial charge in [-0.3, -0.25) is 4.31 Å². The quantitative estimate of drug-likeness (QED) is 0.637. The van der Waals surface area contributed by atoms with Crippen LogP contribution in [0.2, 0.25) is 0 Å². The summed E-state index contributed by atoms with van der Waals surface area (Å²) in [4.78, 5) is 18.6. The summed E-state index contributed by atoms with van der Waals surface area (Å²) in [6, 6.07) is 10.3. The summed E-state index contributed by atoms with van der Waals surface area (Å²) in [7, 11) is -7.03. The number of aryl methyl sites for hydroxylation is 1. The maximum absolute atomic E-state index is 9.29. The van der Waals surface area contributed by atoms with Crippen molar-refractivity contribution in [1.82, 2.24) is 0 Å². The fourth-order valence-electron chi connectivity index (χ4n) is 0.602. The third-order valence-corrected chi connectivity index (χ3v) is 2.44. The van der Waals surface area contributed by atoms with Gasteiger partial charge in [-0.25, -0.2) is 0 Å². The Balaban J connectivity index is 0. The fraction of sp³-hybridized carbons (Fsp3) is 0.143. The summed E-state index contributed by atoms with van der Waals surface area (Å²) >= 11 is 0. The third-order valence-electron chi connectivity index (χ3n) is 1.11. The summed E-state index contributed by atoms with van der Waals surface area (Å²) < 4.78 is 21.8. The average molecular weight is 431 g/mol. The predicted octanol–water partition coefficient (Wildman–Crippen LogP) is 0.496. The van der Waals surface area contributed by atoms with Crippen LogP contribution in [0.1, 0.15) is 5.56 Å². The molecule has 0 amide bonds. The first-order valence-electron chi connectivity index (χ1n) is 3.64. The Labute approximate surface area is 104 Å². The van der Waals surface area contributed by atoms with Crippen molar-refractivity contribution >= 4 is 16.5 Å². The first-order valence-corrected chi connectivity index (χ1v) is 6.08. The van der Waals surface area contributed by atoms with Crippen LogP contribution >= 0.6 is 16.5 Å². The zero-order valence-corrected chi connectivity index (χ0v) is 12.0. The second-order valence-electron chi connectivity index (χ2n) is 2.26. The van der Waals surface area contributed by atoms with Gasteiger partial charge in [-0.15, -0.1) is 0 Å². The van der Waals surface area contributed by atoms with Crippen molar-refractivity contribution in [3.8, 4) is 0 Å². The molecule has 2 atom stereocenters. The minimum atomic E-state index is -3.51. The number of hydrogen-bond acceptors (Lipinski definition) is 5. The Morgan fingerprint density at radius 2 is 1.47 bits per heavy atom. The van der Waals surface area contributed by atoms with Gasteiger partial charge in [0.1, 0.15) is 16.5 Å². The zero-order chi connectivity index (χ0) is 11.0. The van der Waals surface area contributed by atoms with Gasteiger partial charge in [0.05, 0.1) is 0 Å². The number of hydrogen-bond donors (Lipinski definition) is 0. The van der Waals surface area contributed by atoms with Gasteiger partial charge in [0.15, 0.2) is 0 Å². The first kappa shape index (κ1) is 17.6. The molecule has 0 fully saturated rings. The van der Waals surface area contributed by atoms with Crippen LogP contribution in [0.5, 0.6) is 0 Å². The molecule has 8 heteroatoms. The van der Waals surface area contributed by atoms with Crippen LogP contribution in [0.15, 0.2) is 30.3 Å². The van der Waals surface area contributed by atoms with Gasteiger partial charge in [-0.2, -0.15) is 0 Å². The molecule has 0 saturated heterocycles. The van der Waals surface area contributed by atoms with E-state index in [1.165, 1.54) is 5.56 Å². The first-order chi connectivity index (χ1) is 6.52. The number of benzene rings is 1. The maximum Gasteiger partial charge on any atom is 2.00 e. The molecule has 0 bridgehead atoms. The summed E-state index contributed by atoms with van der Waals surface area (Å²) in [5.41, 5.74) is 1.32. The van der Waals surface area contributed by atoms with E-state index in [9.17, 15) is 18.9 Å². The van der Waals surface area contributed by atoms with Gasteiger partial charge < -0.3 is 18.9 Å². The molecule has 0 aliphatic heterocycles. The SMILES string of the molecule is Cc1ccccc1.O=[PH]([O-])O[PH](=O)[O-].[Pt+2]. The normalized spacial score (nSPS) is 12.7. The minimum absolute atomic E-state index is 0. The second kappa shape index (κ2) is 10.8. The Bertz CT molecular complexity index is 294.